The van der Waals surface area contributed by atoms with E-state index in [9.17, 15) is 14.9 Å². The number of rotatable bonds is 7. The van der Waals surface area contributed by atoms with Crippen LogP contribution in [-0.4, -0.2) is 31.0 Å². The number of benzene rings is 1. The summed E-state index contributed by atoms with van der Waals surface area (Å²) in [5.74, 6) is -0.415. The Hall–Kier alpha value is -2.15. The Bertz CT molecular complexity index is 462. The third kappa shape index (κ3) is 3.92. The number of unbranched alkanes of at least 4 members (excludes halogenated alkanes) is 1. The van der Waals surface area contributed by atoms with Gasteiger partial charge in [-0.05, 0) is 25.5 Å². The minimum absolute atomic E-state index is 0.0242. The molecule has 7 heteroatoms. The summed E-state index contributed by atoms with van der Waals surface area (Å²) in [4.78, 5) is 22.2. The second-order valence-corrected chi connectivity index (χ2v) is 3.87. The van der Waals surface area contributed by atoms with E-state index in [0.717, 1.165) is 12.8 Å². The predicted octanol–water partition coefficient (Wildman–Crippen LogP) is 1.07. The number of nitro groups is 1. The quantitative estimate of drug-likeness (QED) is 0.436. The van der Waals surface area contributed by atoms with Gasteiger partial charge in [0.05, 0.1) is 17.6 Å². The molecule has 0 unspecified atom stereocenters. The lowest BCUT2D eigenvalue weighted by molar-refractivity contribution is -0.385. The fraction of sp³-hybridized carbons (Fsp3) is 0.417. The molecule has 0 bridgehead atoms. The summed E-state index contributed by atoms with van der Waals surface area (Å²) in [7, 11) is 1.30. The highest BCUT2D eigenvalue weighted by Gasteiger charge is 2.21. The third-order valence-electron chi connectivity index (χ3n) is 2.56. The number of methoxy groups -OCH3 is 1. The molecule has 104 valence electrons. The Kier molecular flexibility index (Phi) is 5.74. The summed E-state index contributed by atoms with van der Waals surface area (Å²) < 4.78 is 4.96. The van der Waals surface area contributed by atoms with Gasteiger partial charge in [-0.3, -0.25) is 14.9 Å². The molecule has 1 aromatic carbocycles. The number of nitro benzene ring substituents is 1. The van der Waals surface area contributed by atoms with Crippen LogP contribution in [0.2, 0.25) is 0 Å². The lowest BCUT2D eigenvalue weighted by Crippen LogP contribution is -2.25. The lowest BCUT2D eigenvalue weighted by Gasteiger charge is -2.09. The first-order valence-corrected chi connectivity index (χ1v) is 5.91. The second-order valence-electron chi connectivity index (χ2n) is 3.87. The molecule has 0 spiro atoms. The number of nitrogens with one attached hydrogen (secondary N) is 1. The van der Waals surface area contributed by atoms with E-state index < -0.39 is 10.8 Å². The van der Waals surface area contributed by atoms with E-state index in [1.165, 1.54) is 25.3 Å². The van der Waals surface area contributed by atoms with Crippen LogP contribution in [0.5, 0.6) is 5.75 Å². The van der Waals surface area contributed by atoms with Crippen LogP contribution in [0.3, 0.4) is 0 Å². The lowest BCUT2D eigenvalue weighted by atomic mass is 10.1. The van der Waals surface area contributed by atoms with Gasteiger partial charge in [0.25, 0.3) is 5.91 Å². The van der Waals surface area contributed by atoms with Crippen molar-refractivity contribution in [3.63, 3.8) is 0 Å². The maximum atomic E-state index is 11.9. The zero-order chi connectivity index (χ0) is 14.3. The van der Waals surface area contributed by atoms with Crippen molar-refractivity contribution in [3.8, 4) is 5.75 Å². The number of nitrogens with zero attached hydrogens (tertiary/aromatic N) is 1. The van der Waals surface area contributed by atoms with E-state index in [1.54, 1.807) is 0 Å². The Labute approximate surface area is 110 Å². The normalized spacial score (nSPS) is 10.0. The molecule has 1 rings (SSSR count). The van der Waals surface area contributed by atoms with Crippen molar-refractivity contribution in [2.45, 2.75) is 12.8 Å². The Balaban J connectivity index is 2.84. The molecule has 0 radical (unpaired) electrons. The molecule has 0 aliphatic heterocycles. The molecule has 3 N–H and O–H groups in total. The Morgan fingerprint density at radius 2 is 2.21 bits per heavy atom. The average Bonchev–Trinajstić information content (AvgIpc) is 2.42. The maximum absolute atomic E-state index is 11.9. The summed E-state index contributed by atoms with van der Waals surface area (Å²) in [6.45, 7) is 1.04. The first-order chi connectivity index (χ1) is 9.11. The van der Waals surface area contributed by atoms with Crippen LogP contribution in [0.1, 0.15) is 23.2 Å². The molecule has 0 aliphatic rings. The Morgan fingerprint density at radius 3 is 2.79 bits per heavy atom. The van der Waals surface area contributed by atoms with Gasteiger partial charge in [0.15, 0.2) is 0 Å². The minimum Gasteiger partial charge on any atom is -0.490 e. The summed E-state index contributed by atoms with van der Waals surface area (Å²) >= 11 is 0. The summed E-state index contributed by atoms with van der Waals surface area (Å²) in [6.07, 6.45) is 1.58. The maximum Gasteiger partial charge on any atom is 0.311 e. The molecule has 0 atom stereocenters. The highest BCUT2D eigenvalue weighted by molar-refractivity contribution is 5.98. The summed E-state index contributed by atoms with van der Waals surface area (Å²) in [5, 5.41) is 13.5. The van der Waals surface area contributed by atoms with Crippen molar-refractivity contribution in [2.24, 2.45) is 5.73 Å². The first kappa shape index (κ1) is 14.9. The molecule has 7 nitrogen and oxygen atoms in total. The van der Waals surface area contributed by atoms with Crippen molar-refractivity contribution >= 4 is 11.6 Å². The van der Waals surface area contributed by atoms with Gasteiger partial charge in [-0.2, -0.15) is 0 Å². The topological polar surface area (TPSA) is 107 Å². The molecule has 1 aromatic rings. The SMILES string of the molecule is COc1c(C(=O)NCCCCN)cccc1[N+](=O)[O-]. The summed E-state index contributed by atoms with van der Waals surface area (Å²) in [6, 6.07) is 4.24. The highest BCUT2D eigenvalue weighted by atomic mass is 16.6. The van der Waals surface area contributed by atoms with E-state index in [1.807, 2.05) is 0 Å². The fourth-order valence-corrected chi connectivity index (χ4v) is 1.63. The smallest absolute Gasteiger partial charge is 0.311 e. The van der Waals surface area contributed by atoms with Crippen LogP contribution in [0.15, 0.2) is 18.2 Å². The number of carbonyl (C=O) groups excluding carboxylic acids is 1. The minimum atomic E-state index is -0.579. The molecule has 0 saturated heterocycles. The fourth-order valence-electron chi connectivity index (χ4n) is 1.63. The van der Waals surface area contributed by atoms with Gasteiger partial charge in [0.1, 0.15) is 0 Å². The van der Waals surface area contributed by atoms with Crippen molar-refractivity contribution in [3.05, 3.63) is 33.9 Å². The van der Waals surface area contributed by atoms with E-state index >= 15 is 0 Å². The second kappa shape index (κ2) is 7.32. The monoisotopic (exact) mass is 267 g/mol. The molecule has 19 heavy (non-hydrogen) atoms. The van der Waals surface area contributed by atoms with Gasteiger partial charge >= 0.3 is 5.69 Å². The number of amides is 1. The van der Waals surface area contributed by atoms with Gasteiger partial charge in [0, 0.05) is 12.6 Å². The third-order valence-corrected chi connectivity index (χ3v) is 2.56. The van der Waals surface area contributed by atoms with E-state index in [4.69, 9.17) is 10.5 Å². The van der Waals surface area contributed by atoms with Crippen LogP contribution in [0, 0.1) is 10.1 Å². The number of carbonyl (C=O) groups is 1. The number of ether oxygens (including phenoxy) is 1. The highest BCUT2D eigenvalue weighted by Crippen LogP contribution is 2.30. The van der Waals surface area contributed by atoms with Crippen LogP contribution in [-0.2, 0) is 0 Å². The van der Waals surface area contributed by atoms with Crippen LogP contribution in [0.4, 0.5) is 5.69 Å². The molecule has 0 aliphatic carbocycles. The molecule has 0 fully saturated rings. The summed E-state index contributed by atoms with van der Waals surface area (Å²) in [5.41, 5.74) is 5.28. The number of nitrogens with two attached hydrogens (primary N) is 1. The zero-order valence-corrected chi connectivity index (χ0v) is 10.7. The number of hydrogen-bond acceptors (Lipinski definition) is 5. The molecule has 1 amide bonds. The van der Waals surface area contributed by atoms with Crippen molar-refractivity contribution in [1.29, 1.82) is 0 Å². The van der Waals surface area contributed by atoms with Gasteiger partial charge < -0.3 is 15.8 Å². The van der Waals surface area contributed by atoms with Crippen LogP contribution >= 0.6 is 0 Å². The standard InChI is InChI=1S/C12H17N3O4/c1-19-11-9(5-4-6-10(11)15(17)18)12(16)14-8-3-2-7-13/h4-6H,2-3,7-8,13H2,1H3,(H,14,16). The van der Waals surface area contributed by atoms with Crippen LogP contribution in [0.25, 0.3) is 0 Å². The Morgan fingerprint density at radius 1 is 1.47 bits per heavy atom. The van der Waals surface area contributed by atoms with Gasteiger partial charge in [-0.25, -0.2) is 0 Å². The number of para-hydroxylation sites is 1. The van der Waals surface area contributed by atoms with Crippen molar-refractivity contribution < 1.29 is 14.5 Å². The van der Waals surface area contributed by atoms with Crippen molar-refractivity contribution in [2.75, 3.05) is 20.2 Å². The molecule has 0 saturated carbocycles. The molecule has 0 heterocycles. The number of hydrogen-bond donors (Lipinski definition) is 2. The first-order valence-electron chi connectivity index (χ1n) is 5.91. The van der Waals surface area contributed by atoms with Crippen LogP contribution < -0.4 is 15.8 Å². The van der Waals surface area contributed by atoms with Gasteiger partial charge in [-0.1, -0.05) is 6.07 Å². The molecular formula is C12H17N3O4. The zero-order valence-electron chi connectivity index (χ0n) is 10.7. The van der Waals surface area contributed by atoms with Gasteiger partial charge in [0.2, 0.25) is 5.75 Å². The van der Waals surface area contributed by atoms with E-state index in [0.29, 0.717) is 13.1 Å². The van der Waals surface area contributed by atoms with Gasteiger partial charge in [-0.15, -0.1) is 0 Å². The molecular weight excluding hydrogens is 250 g/mol. The van der Waals surface area contributed by atoms with E-state index in [2.05, 4.69) is 5.32 Å². The van der Waals surface area contributed by atoms with Crippen molar-refractivity contribution in [1.82, 2.24) is 5.32 Å². The average molecular weight is 267 g/mol. The van der Waals surface area contributed by atoms with E-state index in [-0.39, 0.29) is 17.0 Å². The predicted molar refractivity (Wildman–Crippen MR) is 70.3 cm³/mol. The molecule has 0 aromatic heterocycles. The largest absolute Gasteiger partial charge is 0.490 e.